The second-order valence-corrected chi connectivity index (χ2v) is 5.25. The van der Waals surface area contributed by atoms with Crippen molar-refractivity contribution in [2.45, 2.75) is 26.3 Å². The highest BCUT2D eigenvalue weighted by molar-refractivity contribution is 6.30. The fourth-order valence-electron chi connectivity index (χ4n) is 1.52. The Morgan fingerprint density at radius 3 is 2.90 bits per heavy atom. The zero-order valence-electron chi connectivity index (χ0n) is 12.4. The van der Waals surface area contributed by atoms with Crippen molar-refractivity contribution in [3.8, 4) is 5.75 Å². The fraction of sp³-hybridized carbons (Fsp3) is 0.533. The van der Waals surface area contributed by atoms with Gasteiger partial charge in [-0.3, -0.25) is 4.79 Å². The van der Waals surface area contributed by atoms with Crippen LogP contribution in [0.5, 0.6) is 5.75 Å². The number of likely N-dealkylation sites (N-methyl/N-ethyl adjacent to an activating group) is 1. The van der Waals surface area contributed by atoms with Crippen LogP contribution in [0, 0.1) is 0 Å². The molecule has 1 amide bonds. The van der Waals surface area contributed by atoms with Gasteiger partial charge in [0, 0.05) is 18.1 Å². The van der Waals surface area contributed by atoms with Crippen molar-refractivity contribution in [3.05, 3.63) is 29.3 Å². The Bertz CT molecular complexity index is 426. The molecule has 20 heavy (non-hydrogen) atoms. The summed E-state index contributed by atoms with van der Waals surface area (Å²) in [7, 11) is 1.78. The van der Waals surface area contributed by atoms with Crippen molar-refractivity contribution < 1.29 is 9.53 Å². The van der Waals surface area contributed by atoms with Gasteiger partial charge in [0.25, 0.3) is 0 Å². The number of carbonyl (C=O) groups excluding carboxylic acids is 1. The van der Waals surface area contributed by atoms with E-state index in [2.05, 4.69) is 19.2 Å². The molecule has 0 aliphatic heterocycles. The smallest absolute Gasteiger partial charge is 0.236 e. The molecule has 0 radical (unpaired) electrons. The Labute approximate surface area is 126 Å². The highest BCUT2D eigenvalue weighted by Crippen LogP contribution is 2.16. The molecule has 1 unspecified atom stereocenters. The van der Waals surface area contributed by atoms with Crippen molar-refractivity contribution in [2.24, 2.45) is 0 Å². The molecule has 0 saturated heterocycles. The van der Waals surface area contributed by atoms with Gasteiger partial charge in [-0.15, -0.1) is 0 Å². The second kappa shape index (κ2) is 8.82. The summed E-state index contributed by atoms with van der Waals surface area (Å²) in [5.74, 6) is 0.788. The third-order valence-corrected chi connectivity index (χ3v) is 3.37. The molecule has 4 nitrogen and oxygen atoms in total. The average Bonchev–Trinajstić information content (AvgIpc) is 2.44. The predicted molar refractivity (Wildman–Crippen MR) is 82.3 cm³/mol. The Morgan fingerprint density at radius 1 is 1.50 bits per heavy atom. The maximum Gasteiger partial charge on any atom is 0.236 e. The lowest BCUT2D eigenvalue weighted by Gasteiger charge is -2.19. The highest BCUT2D eigenvalue weighted by atomic mass is 35.5. The topological polar surface area (TPSA) is 41.6 Å². The lowest BCUT2D eigenvalue weighted by Crippen LogP contribution is -2.40. The van der Waals surface area contributed by atoms with E-state index >= 15 is 0 Å². The third-order valence-electron chi connectivity index (χ3n) is 3.13. The third kappa shape index (κ3) is 6.26. The summed E-state index contributed by atoms with van der Waals surface area (Å²) in [6.07, 6.45) is 1.01. The van der Waals surface area contributed by atoms with E-state index in [1.54, 1.807) is 24.1 Å². The van der Waals surface area contributed by atoms with Gasteiger partial charge >= 0.3 is 0 Å². The summed E-state index contributed by atoms with van der Waals surface area (Å²) < 4.78 is 5.56. The van der Waals surface area contributed by atoms with Gasteiger partial charge in [-0.05, 0) is 31.5 Å². The van der Waals surface area contributed by atoms with Crippen molar-refractivity contribution in [3.63, 3.8) is 0 Å². The predicted octanol–water partition coefficient (Wildman–Crippen LogP) is 2.57. The first-order chi connectivity index (χ1) is 9.52. The molecule has 0 aliphatic carbocycles. The molecular weight excluding hydrogens is 276 g/mol. The number of rotatable bonds is 8. The van der Waals surface area contributed by atoms with Crippen molar-refractivity contribution in [2.75, 3.05) is 26.7 Å². The van der Waals surface area contributed by atoms with Gasteiger partial charge in [-0.25, -0.2) is 0 Å². The fourth-order valence-corrected chi connectivity index (χ4v) is 1.70. The number of carbonyl (C=O) groups is 1. The molecular formula is C15H23ClN2O2. The van der Waals surface area contributed by atoms with Crippen LogP contribution in [0.3, 0.4) is 0 Å². The van der Waals surface area contributed by atoms with Crippen LogP contribution in [0.15, 0.2) is 24.3 Å². The van der Waals surface area contributed by atoms with Crippen LogP contribution in [0.4, 0.5) is 0 Å². The van der Waals surface area contributed by atoms with E-state index in [1.807, 2.05) is 12.1 Å². The molecule has 0 saturated carbocycles. The first-order valence-corrected chi connectivity index (χ1v) is 7.26. The number of benzene rings is 1. The number of nitrogens with one attached hydrogen (secondary N) is 1. The summed E-state index contributed by atoms with van der Waals surface area (Å²) in [6, 6.07) is 7.59. The molecule has 5 heteroatoms. The Balaban J connectivity index is 2.25. The van der Waals surface area contributed by atoms with Crippen LogP contribution in [-0.4, -0.2) is 43.6 Å². The summed E-state index contributed by atoms with van der Waals surface area (Å²) in [4.78, 5) is 13.5. The molecule has 1 aromatic rings. The van der Waals surface area contributed by atoms with Crippen LogP contribution in [0.25, 0.3) is 0 Å². The molecule has 0 aromatic heterocycles. The second-order valence-electron chi connectivity index (χ2n) is 4.81. The highest BCUT2D eigenvalue weighted by Gasteiger charge is 2.09. The van der Waals surface area contributed by atoms with E-state index in [0.29, 0.717) is 30.8 Å². The molecule has 0 fully saturated rings. The quantitative estimate of drug-likeness (QED) is 0.802. The van der Waals surface area contributed by atoms with E-state index in [-0.39, 0.29) is 5.91 Å². The molecule has 112 valence electrons. The maximum absolute atomic E-state index is 11.8. The van der Waals surface area contributed by atoms with Gasteiger partial charge in [0.2, 0.25) is 5.91 Å². The van der Waals surface area contributed by atoms with Gasteiger partial charge in [0.1, 0.15) is 12.4 Å². The van der Waals surface area contributed by atoms with Gasteiger partial charge in [-0.2, -0.15) is 0 Å². The Hall–Kier alpha value is -1.26. The number of ether oxygens (including phenoxy) is 1. The van der Waals surface area contributed by atoms with Gasteiger partial charge < -0.3 is 15.0 Å². The SMILES string of the molecule is CCC(C)NCC(=O)N(C)CCOc1cccc(Cl)c1. The molecule has 0 spiro atoms. The number of hydrogen-bond donors (Lipinski definition) is 1. The van der Waals surface area contributed by atoms with Gasteiger partial charge in [0.05, 0.1) is 13.1 Å². The average molecular weight is 299 g/mol. The minimum absolute atomic E-state index is 0.0694. The molecule has 1 rings (SSSR count). The lowest BCUT2D eigenvalue weighted by molar-refractivity contribution is -0.129. The van der Waals surface area contributed by atoms with Crippen molar-refractivity contribution in [1.29, 1.82) is 0 Å². The zero-order chi connectivity index (χ0) is 15.0. The van der Waals surface area contributed by atoms with E-state index < -0.39 is 0 Å². The number of hydrogen-bond acceptors (Lipinski definition) is 3. The van der Waals surface area contributed by atoms with Crippen molar-refractivity contribution in [1.82, 2.24) is 10.2 Å². The Morgan fingerprint density at radius 2 is 2.25 bits per heavy atom. The normalized spacial score (nSPS) is 12.0. The Kier molecular flexibility index (Phi) is 7.41. The minimum Gasteiger partial charge on any atom is -0.492 e. The molecule has 1 atom stereocenters. The van der Waals surface area contributed by atoms with E-state index in [9.17, 15) is 4.79 Å². The van der Waals surface area contributed by atoms with E-state index in [0.717, 1.165) is 12.2 Å². The van der Waals surface area contributed by atoms with Crippen LogP contribution >= 0.6 is 11.6 Å². The van der Waals surface area contributed by atoms with Crippen LogP contribution < -0.4 is 10.1 Å². The number of amides is 1. The molecule has 0 aliphatic rings. The summed E-state index contributed by atoms with van der Waals surface area (Å²) >= 11 is 5.87. The van der Waals surface area contributed by atoms with Crippen LogP contribution in [0.2, 0.25) is 5.02 Å². The van der Waals surface area contributed by atoms with Crippen molar-refractivity contribution >= 4 is 17.5 Å². The zero-order valence-corrected chi connectivity index (χ0v) is 13.1. The molecule has 1 aromatic carbocycles. The van der Waals surface area contributed by atoms with E-state index in [4.69, 9.17) is 16.3 Å². The maximum atomic E-state index is 11.8. The first kappa shape index (κ1) is 16.8. The number of nitrogens with zero attached hydrogens (tertiary/aromatic N) is 1. The van der Waals surface area contributed by atoms with Crippen LogP contribution in [0.1, 0.15) is 20.3 Å². The standard InChI is InChI=1S/C15H23ClN2O2/c1-4-12(2)17-11-15(19)18(3)8-9-20-14-7-5-6-13(16)10-14/h5-7,10,12,17H,4,8-9,11H2,1-3H3. The lowest BCUT2D eigenvalue weighted by atomic mass is 10.2. The largest absolute Gasteiger partial charge is 0.492 e. The first-order valence-electron chi connectivity index (χ1n) is 6.88. The monoisotopic (exact) mass is 298 g/mol. The van der Waals surface area contributed by atoms with Gasteiger partial charge in [-0.1, -0.05) is 24.6 Å². The van der Waals surface area contributed by atoms with Gasteiger partial charge in [0.15, 0.2) is 0 Å². The summed E-state index contributed by atoms with van der Waals surface area (Å²) in [5, 5.41) is 3.82. The minimum atomic E-state index is 0.0694. The van der Waals surface area contributed by atoms with Crippen LogP contribution in [-0.2, 0) is 4.79 Å². The summed E-state index contributed by atoms with van der Waals surface area (Å²) in [5.41, 5.74) is 0. The number of halogens is 1. The van der Waals surface area contributed by atoms with E-state index in [1.165, 1.54) is 0 Å². The molecule has 0 heterocycles. The molecule has 1 N–H and O–H groups in total. The summed E-state index contributed by atoms with van der Waals surface area (Å²) in [6.45, 7) is 5.52. The molecule has 0 bridgehead atoms.